The van der Waals surface area contributed by atoms with Crippen LogP contribution in [0.25, 0.3) is 0 Å². The molecule has 0 fully saturated rings. The topological polar surface area (TPSA) is 42.9 Å². The average molecular weight is 319 g/mol. The maximum absolute atomic E-state index is 4.96. The number of likely N-dealkylation sites (N-methyl/N-ethyl adjacent to an activating group) is 2. The third-order valence-electron chi connectivity index (χ3n) is 3.99. The third-order valence-corrected chi connectivity index (χ3v) is 3.99. The lowest BCUT2D eigenvalue weighted by Crippen LogP contribution is -2.46. The van der Waals surface area contributed by atoms with Gasteiger partial charge in [-0.05, 0) is 33.4 Å². The predicted molar refractivity (Wildman–Crippen MR) is 100 cm³/mol. The molecule has 2 rings (SSSR count). The van der Waals surface area contributed by atoms with Crippen molar-refractivity contribution in [2.75, 3.05) is 39.8 Å². The van der Waals surface area contributed by atoms with Crippen LogP contribution < -0.4 is 10.6 Å². The number of nitrogens with zero attached hydrogens (tertiary/aromatic N) is 3. The van der Waals surface area contributed by atoms with Crippen LogP contribution in [0.15, 0.2) is 40.8 Å². The van der Waals surface area contributed by atoms with Gasteiger partial charge in [0.1, 0.15) is 0 Å². The van der Waals surface area contributed by atoms with Gasteiger partial charge in [-0.3, -0.25) is 0 Å². The molecule has 2 aliphatic heterocycles. The quantitative estimate of drug-likeness (QED) is 0.817. The first-order valence-corrected chi connectivity index (χ1v) is 8.79. The maximum atomic E-state index is 4.96. The number of hydrogen-bond acceptors (Lipinski definition) is 5. The number of dihydropyridines is 1. The molecule has 23 heavy (non-hydrogen) atoms. The lowest BCUT2D eigenvalue weighted by atomic mass is 10.1. The van der Waals surface area contributed by atoms with Crippen LogP contribution in [0.3, 0.4) is 0 Å². The van der Waals surface area contributed by atoms with Gasteiger partial charge in [0.25, 0.3) is 0 Å². The Balaban J connectivity index is 0.00000127. The van der Waals surface area contributed by atoms with Crippen LogP contribution in [-0.2, 0) is 0 Å². The lowest BCUT2D eigenvalue weighted by Gasteiger charge is -2.32. The maximum Gasteiger partial charge on any atom is 0.201 e. The summed E-state index contributed by atoms with van der Waals surface area (Å²) in [7, 11) is 1.99. The molecule has 130 valence electrons. The minimum atomic E-state index is 0.959. The van der Waals surface area contributed by atoms with Gasteiger partial charge in [0.2, 0.25) is 5.96 Å². The Kier molecular flexibility index (Phi) is 8.48. The van der Waals surface area contributed by atoms with Gasteiger partial charge in [0, 0.05) is 50.2 Å². The summed E-state index contributed by atoms with van der Waals surface area (Å²) in [6.07, 6.45) is 4.96. The number of guanidine groups is 1. The first-order chi connectivity index (χ1) is 11.2. The molecule has 0 saturated heterocycles. The highest BCUT2D eigenvalue weighted by Crippen LogP contribution is 2.25. The zero-order valence-electron chi connectivity index (χ0n) is 15.4. The molecular weight excluding hydrogens is 286 g/mol. The molecule has 2 heterocycles. The van der Waals surface area contributed by atoms with E-state index in [0.29, 0.717) is 0 Å². The van der Waals surface area contributed by atoms with Crippen LogP contribution in [0.5, 0.6) is 0 Å². The molecule has 0 amide bonds. The first-order valence-electron chi connectivity index (χ1n) is 8.79. The molecule has 0 atom stereocenters. The molecule has 0 aromatic carbocycles. The fraction of sp³-hybridized carbons (Fsp3) is 0.611. The Bertz CT molecular complexity index is 476. The Morgan fingerprint density at radius 1 is 1.39 bits per heavy atom. The van der Waals surface area contributed by atoms with Crippen molar-refractivity contribution in [2.24, 2.45) is 4.99 Å². The molecule has 0 saturated carbocycles. The van der Waals surface area contributed by atoms with Gasteiger partial charge in [-0.15, -0.1) is 0 Å². The van der Waals surface area contributed by atoms with Gasteiger partial charge in [0.15, 0.2) is 0 Å². The van der Waals surface area contributed by atoms with Crippen LogP contribution >= 0.6 is 0 Å². The summed E-state index contributed by atoms with van der Waals surface area (Å²) < 4.78 is 0. The standard InChI is InChI=1S/C16H27N5.C2H6/c1-5-20-11-8-14-13(3)18-9-7-15(14)19-16(20)21(6-2)12-10-17-4;1-2/h7,9,17-18H,3,5-6,8,10-12H2,1-2,4H3;1-2H3. The van der Waals surface area contributed by atoms with Gasteiger partial charge in [0.05, 0.1) is 5.70 Å². The summed E-state index contributed by atoms with van der Waals surface area (Å²) in [6.45, 7) is 17.3. The van der Waals surface area contributed by atoms with Gasteiger partial charge >= 0.3 is 0 Å². The fourth-order valence-corrected chi connectivity index (χ4v) is 2.69. The number of hydrogen-bond donors (Lipinski definition) is 2. The minimum absolute atomic E-state index is 0.959. The van der Waals surface area contributed by atoms with Crippen LogP contribution in [0, 0.1) is 0 Å². The van der Waals surface area contributed by atoms with E-state index in [1.54, 1.807) is 0 Å². The first kappa shape index (κ1) is 19.3. The predicted octanol–water partition coefficient (Wildman–Crippen LogP) is 2.52. The highest BCUT2D eigenvalue weighted by molar-refractivity contribution is 5.82. The minimum Gasteiger partial charge on any atom is -0.362 e. The third kappa shape index (κ3) is 4.86. The molecule has 0 bridgehead atoms. The number of allylic oxidation sites excluding steroid dienone is 2. The fourth-order valence-electron chi connectivity index (χ4n) is 2.69. The molecule has 0 aliphatic carbocycles. The highest BCUT2D eigenvalue weighted by atomic mass is 15.4. The molecule has 0 aromatic rings. The van der Waals surface area contributed by atoms with Crippen molar-refractivity contribution in [3.05, 3.63) is 35.8 Å². The molecule has 2 N–H and O–H groups in total. The van der Waals surface area contributed by atoms with Gasteiger partial charge in [-0.25, -0.2) is 4.99 Å². The van der Waals surface area contributed by atoms with Crippen LogP contribution in [0.1, 0.15) is 34.1 Å². The molecular formula is C18H33N5. The molecule has 0 radical (unpaired) electrons. The van der Waals surface area contributed by atoms with E-state index in [2.05, 4.69) is 46.9 Å². The molecule has 5 nitrogen and oxygen atoms in total. The molecule has 2 aliphatic rings. The summed E-state index contributed by atoms with van der Waals surface area (Å²) >= 11 is 0. The number of nitrogens with one attached hydrogen (secondary N) is 2. The van der Waals surface area contributed by atoms with Crippen molar-refractivity contribution >= 4 is 5.96 Å². The SMILES string of the molecule is C=C1NC=CC2=C1CCN(CC)C(N(CC)CCNC)=N2.CC. The largest absolute Gasteiger partial charge is 0.362 e. The Labute approximate surface area is 141 Å². The number of aliphatic imine (C=N–C) groups is 1. The van der Waals surface area contributed by atoms with Gasteiger partial charge < -0.3 is 20.4 Å². The van der Waals surface area contributed by atoms with Crippen molar-refractivity contribution < 1.29 is 0 Å². The molecule has 5 heteroatoms. The molecule has 0 unspecified atom stereocenters. The molecule has 0 spiro atoms. The summed E-state index contributed by atoms with van der Waals surface area (Å²) in [4.78, 5) is 9.66. The summed E-state index contributed by atoms with van der Waals surface area (Å²) in [6, 6.07) is 0. The van der Waals surface area contributed by atoms with Crippen molar-refractivity contribution in [1.29, 1.82) is 0 Å². The second kappa shape index (κ2) is 10.1. The van der Waals surface area contributed by atoms with Crippen LogP contribution in [0.4, 0.5) is 0 Å². The van der Waals surface area contributed by atoms with Crippen molar-refractivity contribution in [3.8, 4) is 0 Å². The van der Waals surface area contributed by atoms with Crippen molar-refractivity contribution in [3.63, 3.8) is 0 Å². The van der Waals surface area contributed by atoms with E-state index >= 15 is 0 Å². The number of rotatable bonds is 5. The van der Waals surface area contributed by atoms with Gasteiger partial charge in [-0.1, -0.05) is 20.4 Å². The summed E-state index contributed by atoms with van der Waals surface area (Å²) in [5.41, 5.74) is 3.26. The van der Waals surface area contributed by atoms with E-state index in [1.807, 2.05) is 27.1 Å². The summed E-state index contributed by atoms with van der Waals surface area (Å²) in [5.74, 6) is 1.08. The smallest absolute Gasteiger partial charge is 0.201 e. The van der Waals surface area contributed by atoms with E-state index < -0.39 is 0 Å². The molecule has 0 aromatic heterocycles. The van der Waals surface area contributed by atoms with Gasteiger partial charge in [-0.2, -0.15) is 0 Å². The Morgan fingerprint density at radius 3 is 2.74 bits per heavy atom. The second-order valence-electron chi connectivity index (χ2n) is 5.24. The van der Waals surface area contributed by atoms with E-state index in [0.717, 1.165) is 56.5 Å². The Morgan fingerprint density at radius 2 is 2.13 bits per heavy atom. The van der Waals surface area contributed by atoms with E-state index in [-0.39, 0.29) is 0 Å². The zero-order valence-corrected chi connectivity index (χ0v) is 15.4. The second-order valence-corrected chi connectivity index (χ2v) is 5.24. The van der Waals surface area contributed by atoms with Crippen LogP contribution in [0.2, 0.25) is 0 Å². The highest BCUT2D eigenvalue weighted by Gasteiger charge is 2.23. The Hall–Kier alpha value is -1.75. The lowest BCUT2D eigenvalue weighted by molar-refractivity contribution is 0.336. The normalized spacial score (nSPS) is 16.8. The average Bonchev–Trinajstić information content (AvgIpc) is 2.78. The summed E-state index contributed by atoms with van der Waals surface area (Å²) in [5, 5.41) is 6.41. The van der Waals surface area contributed by atoms with Crippen LogP contribution in [-0.4, -0.2) is 55.5 Å². The van der Waals surface area contributed by atoms with E-state index in [4.69, 9.17) is 4.99 Å². The van der Waals surface area contributed by atoms with E-state index in [1.165, 1.54) is 5.57 Å². The van der Waals surface area contributed by atoms with Crippen molar-refractivity contribution in [2.45, 2.75) is 34.1 Å². The monoisotopic (exact) mass is 319 g/mol. The zero-order chi connectivity index (χ0) is 17.2. The van der Waals surface area contributed by atoms with Crippen molar-refractivity contribution in [1.82, 2.24) is 20.4 Å². The van der Waals surface area contributed by atoms with E-state index in [9.17, 15) is 0 Å².